The second-order valence-corrected chi connectivity index (χ2v) is 16.4. The van der Waals surface area contributed by atoms with Gasteiger partial charge in [-0.3, -0.25) is 14.4 Å². The quantitative estimate of drug-likeness (QED) is 0.0998. The van der Waals surface area contributed by atoms with Crippen LogP contribution in [-0.2, 0) is 9.59 Å². The Kier molecular flexibility index (Phi) is 20.9. The number of hydrogen-bond acceptors (Lipinski definition) is 6. The molecule has 0 saturated heterocycles. The first kappa shape index (κ1) is 47.5. The maximum Gasteiger partial charge on any atom is 0.265 e. The van der Waals surface area contributed by atoms with E-state index in [9.17, 15) is 19.6 Å². The molecule has 58 heavy (non-hydrogen) atoms. The van der Waals surface area contributed by atoms with Gasteiger partial charge in [-0.25, -0.2) is 4.90 Å². The lowest BCUT2D eigenvalue weighted by Crippen LogP contribution is -2.32. The van der Waals surface area contributed by atoms with Crippen molar-refractivity contribution in [3.05, 3.63) is 135 Å². The molecule has 0 fully saturated rings. The molecule has 0 aromatic heterocycles. The van der Waals surface area contributed by atoms with E-state index in [0.717, 1.165) is 52.9 Å². The van der Waals surface area contributed by atoms with Crippen molar-refractivity contribution in [2.75, 3.05) is 18.4 Å². The predicted molar refractivity (Wildman–Crippen MR) is 243 cm³/mol. The lowest BCUT2D eigenvalue weighted by Gasteiger charge is -2.34. The number of nitrogens with one attached hydrogen (secondary N) is 1. The highest BCUT2D eigenvalue weighted by atomic mass is 32.2. The van der Waals surface area contributed by atoms with Crippen LogP contribution in [0, 0.1) is 29.1 Å². The van der Waals surface area contributed by atoms with Gasteiger partial charge >= 0.3 is 0 Å². The molecule has 1 aliphatic carbocycles. The summed E-state index contributed by atoms with van der Waals surface area (Å²) < 4.78 is 0. The molecule has 1 aliphatic heterocycles. The van der Waals surface area contributed by atoms with Gasteiger partial charge in [-0.2, -0.15) is 5.26 Å². The summed E-state index contributed by atoms with van der Waals surface area (Å²) >= 11 is 1.64. The Balaban J connectivity index is 0.000000496. The minimum Gasteiger partial charge on any atom is -0.366 e. The van der Waals surface area contributed by atoms with Crippen molar-refractivity contribution < 1.29 is 14.4 Å². The van der Waals surface area contributed by atoms with Crippen LogP contribution in [0.25, 0.3) is 0 Å². The Morgan fingerprint density at radius 1 is 0.983 bits per heavy atom. The number of para-hydroxylation sites is 1. The summed E-state index contributed by atoms with van der Waals surface area (Å²) in [7, 11) is 0. The third-order valence-electron chi connectivity index (χ3n) is 11.1. The number of nitrogens with zero attached hydrogens (tertiary/aromatic N) is 3. The number of anilines is 1. The molecule has 4 rings (SSSR count). The van der Waals surface area contributed by atoms with E-state index in [1.165, 1.54) is 49.7 Å². The average molecular weight is 803 g/mol. The number of unbranched alkanes of at least 4 members (excludes halogenated alkanes) is 2. The standard InChI is InChI=1S/C37H55N3O2S.C13H11NO/c1-9-14-16-30(11-3)24-39(25-31(12-4)17-15-10-2)29(8)43-36(28(7)32-20-18-27(6)19-21-32)22-34-33(13-5)35(23-38)40(26-41)37(34)42;15-13(11-7-3-1-4-8-11)14-12-9-5-2-6-10-12/h18-20,22,26,30-32H,8-17,21,24-25H2,1-7H3;1-10H,(H,14,15)/b34-22-,36-28+;. The zero-order valence-electron chi connectivity index (χ0n) is 36.1. The second-order valence-electron chi connectivity index (χ2n) is 15.2. The van der Waals surface area contributed by atoms with E-state index >= 15 is 0 Å². The third kappa shape index (κ3) is 14.2. The van der Waals surface area contributed by atoms with Gasteiger partial charge in [-0.15, -0.1) is 0 Å². The Hall–Kier alpha value is -4.87. The van der Waals surface area contributed by atoms with Gasteiger partial charge in [0.1, 0.15) is 11.8 Å². The van der Waals surface area contributed by atoms with Gasteiger partial charge in [0.25, 0.3) is 11.8 Å². The topological polar surface area (TPSA) is 93.5 Å². The predicted octanol–water partition coefficient (Wildman–Crippen LogP) is 12.8. The first-order valence-electron chi connectivity index (χ1n) is 21.3. The molecular formula is C50H66N4O3S. The first-order valence-corrected chi connectivity index (χ1v) is 22.1. The number of rotatable bonds is 21. The van der Waals surface area contributed by atoms with Crippen LogP contribution in [0.2, 0.25) is 0 Å². The molecule has 2 aliphatic rings. The number of carbonyl (C=O) groups is 3. The van der Waals surface area contributed by atoms with E-state index in [0.29, 0.717) is 41.4 Å². The van der Waals surface area contributed by atoms with Crippen molar-refractivity contribution in [3.8, 4) is 6.07 Å². The molecule has 1 N–H and O–H groups in total. The average Bonchev–Trinajstić information content (AvgIpc) is 3.52. The first-order chi connectivity index (χ1) is 28.0. The van der Waals surface area contributed by atoms with E-state index in [1.54, 1.807) is 23.9 Å². The van der Waals surface area contributed by atoms with Gasteiger partial charge in [0.05, 0.1) is 5.03 Å². The van der Waals surface area contributed by atoms with Crippen molar-refractivity contribution >= 4 is 35.7 Å². The molecule has 2 aromatic carbocycles. The fraction of sp³-hybridized carbons (Fsp3) is 0.440. The maximum absolute atomic E-state index is 13.4. The largest absolute Gasteiger partial charge is 0.366 e. The number of amides is 3. The molecule has 7 nitrogen and oxygen atoms in total. The highest BCUT2D eigenvalue weighted by molar-refractivity contribution is 8.06. The van der Waals surface area contributed by atoms with E-state index < -0.39 is 5.91 Å². The van der Waals surface area contributed by atoms with Gasteiger partial charge in [0, 0.05) is 40.7 Å². The summed E-state index contributed by atoms with van der Waals surface area (Å²) in [6.45, 7) is 21.9. The summed E-state index contributed by atoms with van der Waals surface area (Å²) in [5.41, 5.74) is 5.09. The molecule has 3 unspecified atom stereocenters. The number of benzene rings is 2. The number of allylic oxidation sites excluding steroid dienone is 7. The van der Waals surface area contributed by atoms with Crippen molar-refractivity contribution in [3.63, 3.8) is 0 Å². The van der Waals surface area contributed by atoms with Gasteiger partial charge in [0.15, 0.2) is 0 Å². The molecule has 0 radical (unpaired) electrons. The molecule has 1 heterocycles. The third-order valence-corrected chi connectivity index (χ3v) is 12.2. The van der Waals surface area contributed by atoms with E-state index in [2.05, 4.69) is 82.6 Å². The SMILES string of the molecule is C=C(SC(/C=C1\C(=O)N(C=O)C(C#N)=C1CC)=C(\C)C1C=CC(C)=CC1)N(CC(CC)CCCC)CC(CC)CCCC.O=C(Nc1ccccc1)c1ccccc1. The zero-order valence-corrected chi connectivity index (χ0v) is 36.9. The summed E-state index contributed by atoms with van der Waals surface area (Å²) in [5.74, 6) is 0.901. The normalized spacial score (nSPS) is 17.1. The highest BCUT2D eigenvalue weighted by Crippen LogP contribution is 2.40. The van der Waals surface area contributed by atoms with Crippen molar-refractivity contribution in [2.24, 2.45) is 17.8 Å². The lowest BCUT2D eigenvalue weighted by molar-refractivity contribution is -0.131. The van der Waals surface area contributed by atoms with Crippen LogP contribution in [0.1, 0.15) is 123 Å². The molecule has 3 atom stereocenters. The fourth-order valence-corrected chi connectivity index (χ4v) is 8.21. The van der Waals surface area contributed by atoms with Crippen LogP contribution in [0.3, 0.4) is 0 Å². The minimum atomic E-state index is -0.428. The van der Waals surface area contributed by atoms with Crippen molar-refractivity contribution in [1.29, 1.82) is 5.26 Å². The lowest BCUT2D eigenvalue weighted by atomic mass is 9.90. The summed E-state index contributed by atoms with van der Waals surface area (Å²) in [6.07, 6.45) is 20.0. The number of nitriles is 1. The minimum absolute atomic E-state index is 0.0817. The van der Waals surface area contributed by atoms with Gasteiger partial charge in [-0.1, -0.05) is 157 Å². The Morgan fingerprint density at radius 2 is 1.57 bits per heavy atom. The maximum atomic E-state index is 13.4. The van der Waals surface area contributed by atoms with Crippen LogP contribution in [0.4, 0.5) is 5.69 Å². The Bertz CT molecular complexity index is 1850. The molecular weight excluding hydrogens is 737 g/mol. The molecule has 8 heteroatoms. The van der Waals surface area contributed by atoms with Crippen molar-refractivity contribution in [1.82, 2.24) is 9.80 Å². The van der Waals surface area contributed by atoms with Gasteiger partial charge in [0.2, 0.25) is 6.41 Å². The van der Waals surface area contributed by atoms with Crippen LogP contribution < -0.4 is 5.32 Å². The molecule has 2 aromatic rings. The van der Waals surface area contributed by atoms with E-state index in [1.807, 2.05) is 61.5 Å². The summed E-state index contributed by atoms with van der Waals surface area (Å²) in [4.78, 5) is 41.3. The van der Waals surface area contributed by atoms with Gasteiger partial charge in [-0.05, 0) is 87.3 Å². The van der Waals surface area contributed by atoms with Crippen LogP contribution in [-0.4, -0.2) is 41.1 Å². The molecule has 0 bridgehead atoms. The Labute approximate surface area is 353 Å². The fourth-order valence-electron chi connectivity index (χ4n) is 7.19. The van der Waals surface area contributed by atoms with Gasteiger partial charge < -0.3 is 10.2 Å². The number of carbonyl (C=O) groups excluding carboxylic acids is 3. The molecule has 0 spiro atoms. The van der Waals surface area contributed by atoms with E-state index in [-0.39, 0.29) is 17.5 Å². The van der Waals surface area contributed by atoms with Crippen LogP contribution in [0.15, 0.2) is 129 Å². The summed E-state index contributed by atoms with van der Waals surface area (Å²) in [6, 6.07) is 20.7. The summed E-state index contributed by atoms with van der Waals surface area (Å²) in [5, 5.41) is 13.6. The molecule has 310 valence electrons. The smallest absolute Gasteiger partial charge is 0.265 e. The number of hydrogen-bond donors (Lipinski definition) is 1. The zero-order chi connectivity index (χ0) is 42.5. The van der Waals surface area contributed by atoms with E-state index in [4.69, 9.17) is 0 Å². The van der Waals surface area contributed by atoms with Crippen molar-refractivity contribution in [2.45, 2.75) is 113 Å². The van der Waals surface area contributed by atoms with Crippen LogP contribution >= 0.6 is 11.8 Å². The molecule has 3 amide bonds. The number of imide groups is 1. The monoisotopic (exact) mass is 802 g/mol. The molecule has 0 saturated carbocycles. The van der Waals surface area contributed by atoms with Crippen LogP contribution in [0.5, 0.6) is 0 Å². The highest BCUT2D eigenvalue weighted by Gasteiger charge is 2.35. The Morgan fingerprint density at radius 3 is 2.05 bits per heavy atom. The second kappa shape index (κ2) is 25.5. The number of thioether (sulfide) groups is 1.